The average molecular weight is 522 g/mol. The van der Waals surface area contributed by atoms with E-state index < -0.39 is 6.04 Å². The Labute approximate surface area is 209 Å². The molecule has 0 fully saturated rings. The first-order valence-electron chi connectivity index (χ1n) is 10.2. The van der Waals surface area contributed by atoms with Crippen molar-refractivity contribution in [2.75, 3.05) is 20.8 Å². The second-order valence-electron chi connectivity index (χ2n) is 7.65. The van der Waals surface area contributed by atoms with E-state index in [0.717, 1.165) is 44.8 Å². The Morgan fingerprint density at radius 1 is 1.09 bits per heavy atom. The Hall–Kier alpha value is -2.38. The lowest BCUT2D eigenvalue weighted by Crippen LogP contribution is -2.40. The third kappa shape index (κ3) is 3.66. The third-order valence-corrected chi connectivity index (χ3v) is 8.54. The van der Waals surface area contributed by atoms with Gasteiger partial charge in [-0.1, -0.05) is 53.0 Å². The number of aromatic amines is 1. The molecule has 9 heteroatoms. The van der Waals surface area contributed by atoms with E-state index in [1.165, 1.54) is 0 Å². The highest BCUT2D eigenvalue weighted by molar-refractivity contribution is 7.19. The maximum Gasteiger partial charge on any atom is 0.266 e. The van der Waals surface area contributed by atoms with Crippen LogP contribution in [-0.2, 0) is 6.42 Å². The number of H-pyrrole nitrogens is 1. The molecule has 1 unspecified atom stereocenters. The Morgan fingerprint density at radius 2 is 1.88 bits per heavy atom. The first kappa shape index (κ1) is 22.4. The molecule has 0 saturated heterocycles. The number of amides is 1. The summed E-state index contributed by atoms with van der Waals surface area (Å²) in [5, 5.41) is 1.47. The lowest BCUT2D eigenvalue weighted by atomic mass is 9.91. The van der Waals surface area contributed by atoms with E-state index in [4.69, 9.17) is 44.3 Å². The van der Waals surface area contributed by atoms with Gasteiger partial charge in [-0.3, -0.25) is 4.79 Å². The molecular weight excluding hydrogens is 503 g/mol. The average Bonchev–Trinajstić information content (AvgIpc) is 3.34. The standard InChI is InChI=1S/C24H19Cl3N2O3S/c1-31-12-7-8-16-15(11-12)13-9-10-29(24(30)22-18(25)19(26)23(27)33-22)21(20(13)28-16)14-5-3-4-6-17(14)32-2/h3-8,11,21,28H,9-10H2,1-2H3. The molecule has 1 amide bonds. The van der Waals surface area contributed by atoms with E-state index in [1.807, 2.05) is 42.5 Å². The first-order valence-corrected chi connectivity index (χ1v) is 12.1. The minimum atomic E-state index is -0.411. The van der Waals surface area contributed by atoms with E-state index in [9.17, 15) is 4.79 Å². The van der Waals surface area contributed by atoms with Gasteiger partial charge >= 0.3 is 0 Å². The van der Waals surface area contributed by atoms with Crippen molar-refractivity contribution in [3.05, 3.63) is 78.5 Å². The summed E-state index contributed by atoms with van der Waals surface area (Å²) < 4.78 is 11.4. The molecule has 5 nitrogen and oxygen atoms in total. The van der Waals surface area contributed by atoms with Crippen LogP contribution < -0.4 is 9.47 Å². The number of para-hydroxylation sites is 1. The van der Waals surface area contributed by atoms with Gasteiger partial charge in [0.05, 0.1) is 24.3 Å². The van der Waals surface area contributed by atoms with E-state index in [2.05, 4.69) is 4.98 Å². The number of methoxy groups -OCH3 is 2. The Bertz CT molecular complexity index is 1380. The lowest BCUT2D eigenvalue weighted by Gasteiger charge is -2.36. The monoisotopic (exact) mass is 520 g/mol. The van der Waals surface area contributed by atoms with Gasteiger partial charge in [0.1, 0.15) is 26.8 Å². The molecule has 0 radical (unpaired) electrons. The highest BCUT2D eigenvalue weighted by Crippen LogP contribution is 2.45. The van der Waals surface area contributed by atoms with Gasteiger partial charge in [0, 0.05) is 28.7 Å². The zero-order valence-corrected chi connectivity index (χ0v) is 20.8. The summed E-state index contributed by atoms with van der Waals surface area (Å²) >= 11 is 19.8. The molecule has 0 aliphatic carbocycles. The zero-order chi connectivity index (χ0) is 23.3. The molecule has 4 aromatic rings. The van der Waals surface area contributed by atoms with Crippen molar-refractivity contribution >= 4 is 62.9 Å². The van der Waals surface area contributed by atoms with Crippen LogP contribution in [0.3, 0.4) is 0 Å². The molecule has 1 aliphatic rings. The molecule has 1 atom stereocenters. The second kappa shape index (κ2) is 8.76. The third-order valence-electron chi connectivity index (χ3n) is 5.98. The zero-order valence-electron chi connectivity index (χ0n) is 17.7. The van der Waals surface area contributed by atoms with E-state index in [0.29, 0.717) is 27.9 Å². The maximum absolute atomic E-state index is 13.8. The number of ether oxygens (including phenoxy) is 2. The molecule has 2 aromatic heterocycles. The number of hydrogen-bond donors (Lipinski definition) is 1. The van der Waals surface area contributed by atoms with Crippen LogP contribution in [0.15, 0.2) is 42.5 Å². The van der Waals surface area contributed by atoms with Crippen molar-refractivity contribution in [1.82, 2.24) is 9.88 Å². The molecule has 1 N–H and O–H groups in total. The van der Waals surface area contributed by atoms with Gasteiger partial charge in [0.25, 0.3) is 5.91 Å². The van der Waals surface area contributed by atoms with E-state index >= 15 is 0 Å². The topological polar surface area (TPSA) is 54.6 Å². The number of nitrogens with one attached hydrogen (secondary N) is 1. The molecule has 3 heterocycles. The van der Waals surface area contributed by atoms with Crippen molar-refractivity contribution in [3.8, 4) is 11.5 Å². The summed E-state index contributed by atoms with van der Waals surface area (Å²) in [7, 11) is 3.28. The van der Waals surface area contributed by atoms with Crippen molar-refractivity contribution in [2.45, 2.75) is 12.5 Å². The van der Waals surface area contributed by atoms with Crippen molar-refractivity contribution in [2.24, 2.45) is 0 Å². The van der Waals surface area contributed by atoms with Crippen molar-refractivity contribution in [1.29, 1.82) is 0 Å². The molecule has 5 rings (SSSR count). The van der Waals surface area contributed by atoms with Gasteiger partial charge in [-0.05, 0) is 36.2 Å². The number of rotatable bonds is 4. The number of aromatic nitrogens is 1. The predicted molar refractivity (Wildman–Crippen MR) is 134 cm³/mol. The van der Waals surface area contributed by atoms with Crippen LogP contribution in [0.4, 0.5) is 0 Å². The Morgan fingerprint density at radius 3 is 2.58 bits per heavy atom. The van der Waals surface area contributed by atoms with Crippen molar-refractivity contribution in [3.63, 3.8) is 0 Å². The predicted octanol–water partition coefficient (Wildman–Crippen LogP) is 6.99. The second-order valence-corrected chi connectivity index (χ2v) is 10.0. The van der Waals surface area contributed by atoms with Crippen LogP contribution in [0.2, 0.25) is 14.4 Å². The molecule has 1 aliphatic heterocycles. The number of thiophene rings is 1. The number of hydrogen-bond acceptors (Lipinski definition) is 4. The molecule has 33 heavy (non-hydrogen) atoms. The number of benzene rings is 2. The van der Waals surface area contributed by atoms with Gasteiger partial charge in [0.15, 0.2) is 0 Å². The summed E-state index contributed by atoms with van der Waals surface area (Å²) in [4.78, 5) is 19.4. The lowest BCUT2D eigenvalue weighted by molar-refractivity contribution is 0.0695. The van der Waals surface area contributed by atoms with Crippen LogP contribution in [0.1, 0.15) is 32.5 Å². The van der Waals surface area contributed by atoms with Crippen LogP contribution >= 0.6 is 46.1 Å². The van der Waals surface area contributed by atoms with Gasteiger partial charge in [-0.2, -0.15) is 0 Å². The fourth-order valence-corrected chi connectivity index (χ4v) is 6.22. The highest BCUT2D eigenvalue weighted by Gasteiger charge is 2.38. The summed E-state index contributed by atoms with van der Waals surface area (Å²) in [6.07, 6.45) is 0.671. The fourth-order valence-electron chi connectivity index (χ4n) is 4.46. The summed E-state index contributed by atoms with van der Waals surface area (Å²) in [6.45, 7) is 0.488. The first-order chi connectivity index (χ1) is 15.9. The maximum atomic E-state index is 13.8. The Balaban J connectivity index is 1.71. The molecule has 0 saturated carbocycles. The van der Waals surface area contributed by atoms with Gasteiger partial charge < -0.3 is 19.4 Å². The molecule has 170 valence electrons. The SMILES string of the molecule is COc1ccc2[nH]c3c(c2c1)CCN(C(=O)c1sc(Cl)c(Cl)c1Cl)C3c1ccccc1OC. The molecule has 0 spiro atoms. The number of nitrogens with zero attached hydrogens (tertiary/aromatic N) is 1. The van der Waals surface area contributed by atoms with Crippen LogP contribution in [0, 0.1) is 0 Å². The Kier molecular flexibility index (Phi) is 5.95. The summed E-state index contributed by atoms with van der Waals surface area (Å²) in [5.41, 5.74) is 3.94. The van der Waals surface area contributed by atoms with Gasteiger partial charge in [-0.25, -0.2) is 0 Å². The van der Waals surface area contributed by atoms with Crippen molar-refractivity contribution < 1.29 is 14.3 Å². The molecular formula is C24H19Cl3N2O3S. The number of fused-ring (bicyclic) bond motifs is 3. The van der Waals surface area contributed by atoms with Gasteiger partial charge in [-0.15, -0.1) is 11.3 Å². The van der Waals surface area contributed by atoms with Crippen LogP contribution in [-0.4, -0.2) is 36.6 Å². The van der Waals surface area contributed by atoms with E-state index in [1.54, 1.807) is 19.1 Å². The van der Waals surface area contributed by atoms with Gasteiger partial charge in [0.2, 0.25) is 0 Å². The number of halogens is 3. The largest absolute Gasteiger partial charge is 0.497 e. The summed E-state index contributed by atoms with van der Waals surface area (Å²) in [5.74, 6) is 1.25. The number of carbonyl (C=O) groups excluding carboxylic acids is 1. The quantitative estimate of drug-likeness (QED) is 0.315. The van der Waals surface area contributed by atoms with E-state index in [-0.39, 0.29) is 16.0 Å². The highest BCUT2D eigenvalue weighted by atomic mass is 35.5. The molecule has 2 aromatic carbocycles. The normalized spacial score (nSPS) is 15.5. The smallest absolute Gasteiger partial charge is 0.266 e. The minimum Gasteiger partial charge on any atom is -0.497 e. The number of carbonyl (C=O) groups is 1. The molecule has 0 bridgehead atoms. The fraction of sp³-hybridized carbons (Fsp3) is 0.208. The minimum absolute atomic E-state index is 0.183. The summed E-state index contributed by atoms with van der Waals surface area (Å²) in [6, 6.07) is 13.2. The van der Waals surface area contributed by atoms with Crippen LogP contribution in [0.5, 0.6) is 11.5 Å². The van der Waals surface area contributed by atoms with Crippen LogP contribution in [0.25, 0.3) is 10.9 Å².